The summed E-state index contributed by atoms with van der Waals surface area (Å²) in [6, 6.07) is 6.05. The lowest BCUT2D eigenvalue weighted by molar-refractivity contribution is 0.0692. The highest BCUT2D eigenvalue weighted by Gasteiger charge is 2.23. The molecule has 1 N–H and O–H groups in total. The molecule has 0 heterocycles. The van der Waals surface area contributed by atoms with Crippen molar-refractivity contribution in [2.75, 3.05) is 0 Å². The zero-order valence-electron chi connectivity index (χ0n) is 10.4. The second kappa shape index (κ2) is 5.18. The quantitative estimate of drug-likeness (QED) is 0.847. The zero-order chi connectivity index (χ0) is 14.0. The van der Waals surface area contributed by atoms with Crippen molar-refractivity contribution in [2.45, 2.75) is 13.3 Å². The van der Waals surface area contributed by atoms with Crippen molar-refractivity contribution in [3.05, 3.63) is 58.9 Å². The normalized spacial score (nSPS) is 18.5. The molecule has 0 aliphatic heterocycles. The Morgan fingerprint density at radius 3 is 2.42 bits per heavy atom. The van der Waals surface area contributed by atoms with Gasteiger partial charge in [0.1, 0.15) is 5.83 Å². The van der Waals surface area contributed by atoms with E-state index < -0.39 is 5.97 Å². The van der Waals surface area contributed by atoms with E-state index in [2.05, 4.69) is 0 Å². The van der Waals surface area contributed by atoms with Crippen molar-refractivity contribution in [1.82, 2.24) is 0 Å². The molecule has 1 unspecified atom stereocenters. The first-order valence-electron chi connectivity index (χ1n) is 5.94. The summed E-state index contributed by atoms with van der Waals surface area (Å²) in [6.07, 6.45) is 2.98. The van der Waals surface area contributed by atoms with Crippen LogP contribution >= 0.6 is 0 Å². The number of allylic oxidation sites excluding steroid dienone is 4. The highest BCUT2D eigenvalue weighted by atomic mass is 19.1. The SMILES string of the molecule is CC1CC(C(=O)c2ccccc2C(=O)O)=CC=C1F. The molecular formula is C15H13FO3. The van der Waals surface area contributed by atoms with Gasteiger partial charge in [0.15, 0.2) is 5.78 Å². The third-order valence-corrected chi connectivity index (χ3v) is 3.13. The molecule has 0 saturated heterocycles. The number of benzene rings is 1. The Morgan fingerprint density at radius 2 is 1.84 bits per heavy atom. The van der Waals surface area contributed by atoms with Crippen LogP contribution in [-0.2, 0) is 0 Å². The van der Waals surface area contributed by atoms with Crippen molar-refractivity contribution >= 4 is 11.8 Å². The fourth-order valence-corrected chi connectivity index (χ4v) is 2.05. The first kappa shape index (κ1) is 13.2. The number of ketones is 1. The Labute approximate surface area is 110 Å². The summed E-state index contributed by atoms with van der Waals surface area (Å²) < 4.78 is 13.2. The zero-order valence-corrected chi connectivity index (χ0v) is 10.4. The summed E-state index contributed by atoms with van der Waals surface area (Å²) >= 11 is 0. The lowest BCUT2D eigenvalue weighted by atomic mass is 9.88. The number of hydrogen-bond acceptors (Lipinski definition) is 2. The number of carbonyl (C=O) groups excluding carboxylic acids is 1. The molecule has 1 atom stereocenters. The second-order valence-electron chi connectivity index (χ2n) is 4.53. The number of rotatable bonds is 3. The predicted molar refractivity (Wildman–Crippen MR) is 68.8 cm³/mol. The number of halogens is 1. The third kappa shape index (κ3) is 2.62. The summed E-state index contributed by atoms with van der Waals surface area (Å²) in [6.45, 7) is 1.69. The van der Waals surface area contributed by atoms with Gasteiger partial charge in [-0.25, -0.2) is 9.18 Å². The van der Waals surface area contributed by atoms with E-state index in [1.54, 1.807) is 19.1 Å². The Bertz CT molecular complexity index is 599. The van der Waals surface area contributed by atoms with Crippen LogP contribution in [0.4, 0.5) is 4.39 Å². The van der Waals surface area contributed by atoms with E-state index in [4.69, 9.17) is 5.11 Å². The van der Waals surface area contributed by atoms with Gasteiger partial charge in [-0.2, -0.15) is 0 Å². The molecule has 19 heavy (non-hydrogen) atoms. The molecule has 3 nitrogen and oxygen atoms in total. The van der Waals surface area contributed by atoms with Crippen LogP contribution in [-0.4, -0.2) is 16.9 Å². The van der Waals surface area contributed by atoms with Crippen molar-refractivity contribution in [1.29, 1.82) is 0 Å². The molecule has 98 valence electrons. The van der Waals surface area contributed by atoms with Crippen LogP contribution in [0.15, 0.2) is 47.8 Å². The van der Waals surface area contributed by atoms with Gasteiger partial charge in [0, 0.05) is 17.1 Å². The number of carboxylic acid groups (broad SMARTS) is 1. The Morgan fingerprint density at radius 1 is 1.21 bits per heavy atom. The van der Waals surface area contributed by atoms with Crippen LogP contribution in [0.2, 0.25) is 0 Å². The van der Waals surface area contributed by atoms with Crippen LogP contribution in [0, 0.1) is 5.92 Å². The molecule has 0 spiro atoms. The molecule has 0 saturated carbocycles. The topological polar surface area (TPSA) is 54.4 Å². The number of aromatic carboxylic acids is 1. The minimum atomic E-state index is -1.14. The molecular weight excluding hydrogens is 247 g/mol. The number of carboxylic acids is 1. The average Bonchev–Trinajstić information content (AvgIpc) is 2.41. The summed E-state index contributed by atoms with van der Waals surface area (Å²) in [7, 11) is 0. The van der Waals surface area contributed by atoms with E-state index >= 15 is 0 Å². The molecule has 4 heteroatoms. The molecule has 0 amide bonds. The molecule has 0 aromatic heterocycles. The molecule has 2 rings (SSSR count). The van der Waals surface area contributed by atoms with Crippen molar-refractivity contribution < 1.29 is 19.1 Å². The summed E-state index contributed by atoms with van der Waals surface area (Å²) in [5, 5.41) is 9.06. The van der Waals surface area contributed by atoms with Gasteiger partial charge in [0.2, 0.25) is 0 Å². The first-order chi connectivity index (χ1) is 9.00. The summed E-state index contributed by atoms with van der Waals surface area (Å²) in [4.78, 5) is 23.4. The van der Waals surface area contributed by atoms with Crippen LogP contribution in [0.25, 0.3) is 0 Å². The minimum Gasteiger partial charge on any atom is -0.478 e. The lowest BCUT2D eigenvalue weighted by Crippen LogP contribution is -2.14. The Kier molecular flexibility index (Phi) is 3.60. The predicted octanol–water partition coefficient (Wildman–Crippen LogP) is 3.39. The van der Waals surface area contributed by atoms with Crippen LogP contribution in [0.1, 0.15) is 34.1 Å². The van der Waals surface area contributed by atoms with Crippen LogP contribution in [0.5, 0.6) is 0 Å². The monoisotopic (exact) mass is 260 g/mol. The molecule has 1 aromatic carbocycles. The van der Waals surface area contributed by atoms with E-state index in [1.165, 1.54) is 24.3 Å². The third-order valence-electron chi connectivity index (χ3n) is 3.13. The van der Waals surface area contributed by atoms with E-state index in [-0.39, 0.29) is 35.1 Å². The minimum absolute atomic E-state index is 0.0314. The number of carbonyl (C=O) groups is 2. The van der Waals surface area contributed by atoms with Gasteiger partial charge >= 0.3 is 5.97 Å². The molecule has 0 radical (unpaired) electrons. The van der Waals surface area contributed by atoms with Gasteiger partial charge in [0.05, 0.1) is 5.56 Å². The highest BCUT2D eigenvalue weighted by molar-refractivity contribution is 6.14. The Hall–Kier alpha value is -2.23. The van der Waals surface area contributed by atoms with E-state index in [9.17, 15) is 14.0 Å². The van der Waals surface area contributed by atoms with Crippen molar-refractivity contribution in [2.24, 2.45) is 5.92 Å². The number of Topliss-reactive ketones (excluding diaryl/α,β-unsaturated/α-hetero) is 1. The molecule has 1 aliphatic carbocycles. The van der Waals surface area contributed by atoms with Gasteiger partial charge in [-0.15, -0.1) is 0 Å². The van der Waals surface area contributed by atoms with Crippen LogP contribution < -0.4 is 0 Å². The van der Waals surface area contributed by atoms with E-state index in [1.807, 2.05) is 0 Å². The van der Waals surface area contributed by atoms with E-state index in [0.717, 1.165) is 0 Å². The smallest absolute Gasteiger partial charge is 0.336 e. The fourth-order valence-electron chi connectivity index (χ4n) is 2.05. The standard InChI is InChI=1S/C15H13FO3/c1-9-8-10(6-7-13(9)16)14(17)11-4-2-3-5-12(11)15(18)19/h2-7,9H,8H2,1H3,(H,18,19). The molecule has 1 aliphatic rings. The second-order valence-corrected chi connectivity index (χ2v) is 4.53. The van der Waals surface area contributed by atoms with Gasteiger partial charge in [0.25, 0.3) is 0 Å². The maximum absolute atomic E-state index is 13.2. The largest absolute Gasteiger partial charge is 0.478 e. The van der Waals surface area contributed by atoms with Crippen LogP contribution in [0.3, 0.4) is 0 Å². The summed E-state index contributed by atoms with van der Waals surface area (Å²) in [5.74, 6) is -2.10. The maximum atomic E-state index is 13.2. The van der Waals surface area contributed by atoms with E-state index in [0.29, 0.717) is 5.57 Å². The maximum Gasteiger partial charge on any atom is 0.336 e. The fraction of sp³-hybridized carbons (Fsp3) is 0.200. The highest BCUT2D eigenvalue weighted by Crippen LogP contribution is 2.28. The van der Waals surface area contributed by atoms with Gasteiger partial charge in [-0.05, 0) is 18.6 Å². The Balaban J connectivity index is 2.39. The van der Waals surface area contributed by atoms with Crippen molar-refractivity contribution in [3.8, 4) is 0 Å². The molecule has 0 fully saturated rings. The molecule has 0 bridgehead atoms. The molecule has 1 aromatic rings. The van der Waals surface area contributed by atoms with Gasteiger partial charge in [-0.1, -0.05) is 31.2 Å². The number of hydrogen-bond donors (Lipinski definition) is 1. The first-order valence-corrected chi connectivity index (χ1v) is 5.94. The van der Waals surface area contributed by atoms with Gasteiger partial charge < -0.3 is 5.11 Å². The van der Waals surface area contributed by atoms with Crippen molar-refractivity contribution in [3.63, 3.8) is 0 Å². The summed E-state index contributed by atoms with van der Waals surface area (Å²) in [5.41, 5.74) is 0.544. The lowest BCUT2D eigenvalue weighted by Gasteiger charge is -2.16. The van der Waals surface area contributed by atoms with Gasteiger partial charge in [-0.3, -0.25) is 4.79 Å². The average molecular weight is 260 g/mol.